The van der Waals surface area contributed by atoms with E-state index in [9.17, 15) is 13.6 Å². The summed E-state index contributed by atoms with van der Waals surface area (Å²) < 4.78 is 33.8. The van der Waals surface area contributed by atoms with Crippen LogP contribution in [-0.4, -0.2) is 55.5 Å². The molecule has 0 aliphatic carbocycles. The van der Waals surface area contributed by atoms with Crippen LogP contribution in [0.5, 0.6) is 0 Å². The third-order valence-electron chi connectivity index (χ3n) is 6.71. The summed E-state index contributed by atoms with van der Waals surface area (Å²) in [5.74, 6) is 0.352. The molecule has 33 heavy (non-hydrogen) atoms. The van der Waals surface area contributed by atoms with Crippen molar-refractivity contribution in [3.05, 3.63) is 65.5 Å². The highest BCUT2D eigenvalue weighted by atomic mass is 19.1. The first-order chi connectivity index (χ1) is 16.0. The number of anilines is 1. The SMILES string of the molecule is Cc1ccc(NC(=O)N[C@H]2C(CN3CCC(Cc4ccc(F)cc4)CC3)OCC[C@@H]2F)cc1. The number of carbonyl (C=O) groups excluding carboxylic acids is 1. The van der Waals surface area contributed by atoms with Gasteiger partial charge < -0.3 is 20.3 Å². The molecule has 178 valence electrons. The number of urea groups is 1. The van der Waals surface area contributed by atoms with Crippen LogP contribution in [0.25, 0.3) is 0 Å². The number of rotatable bonds is 6. The Morgan fingerprint density at radius 2 is 1.76 bits per heavy atom. The van der Waals surface area contributed by atoms with E-state index in [0.717, 1.165) is 43.5 Å². The third kappa shape index (κ3) is 6.74. The molecular formula is C26H33F2N3O2. The second-order valence-corrected chi connectivity index (χ2v) is 9.28. The minimum atomic E-state index is -1.14. The number of halogens is 2. The van der Waals surface area contributed by atoms with Crippen LogP contribution in [0, 0.1) is 18.7 Å². The summed E-state index contributed by atoms with van der Waals surface area (Å²) in [5.41, 5.74) is 2.94. The van der Waals surface area contributed by atoms with E-state index in [1.54, 1.807) is 0 Å². The molecule has 5 nitrogen and oxygen atoms in total. The van der Waals surface area contributed by atoms with Gasteiger partial charge in [0.05, 0.1) is 12.1 Å². The highest BCUT2D eigenvalue weighted by molar-refractivity contribution is 5.89. The summed E-state index contributed by atoms with van der Waals surface area (Å²) in [7, 11) is 0. The van der Waals surface area contributed by atoms with Crippen molar-refractivity contribution >= 4 is 11.7 Å². The predicted octanol–water partition coefficient (Wildman–Crippen LogP) is 4.71. The van der Waals surface area contributed by atoms with Crippen molar-refractivity contribution in [2.75, 3.05) is 31.6 Å². The molecule has 2 fully saturated rings. The maximum absolute atomic E-state index is 14.8. The number of piperidine rings is 1. The van der Waals surface area contributed by atoms with Gasteiger partial charge in [0.15, 0.2) is 0 Å². The fraction of sp³-hybridized carbons (Fsp3) is 0.500. The summed E-state index contributed by atoms with van der Waals surface area (Å²) in [5, 5.41) is 5.59. The van der Waals surface area contributed by atoms with Gasteiger partial charge in [-0.3, -0.25) is 0 Å². The van der Waals surface area contributed by atoms with Crippen LogP contribution in [-0.2, 0) is 11.2 Å². The van der Waals surface area contributed by atoms with Gasteiger partial charge in [0.2, 0.25) is 0 Å². The molecule has 2 heterocycles. The minimum absolute atomic E-state index is 0.206. The average molecular weight is 458 g/mol. The molecule has 2 aliphatic rings. The second kappa shape index (κ2) is 11.1. The van der Waals surface area contributed by atoms with E-state index in [2.05, 4.69) is 15.5 Å². The number of alkyl halides is 1. The van der Waals surface area contributed by atoms with Gasteiger partial charge in [0.1, 0.15) is 12.0 Å². The lowest BCUT2D eigenvalue weighted by atomic mass is 9.89. The molecule has 2 N–H and O–H groups in total. The second-order valence-electron chi connectivity index (χ2n) is 9.28. The number of ether oxygens (including phenoxy) is 1. The van der Waals surface area contributed by atoms with Gasteiger partial charge >= 0.3 is 6.03 Å². The van der Waals surface area contributed by atoms with Crippen LogP contribution in [0.15, 0.2) is 48.5 Å². The van der Waals surface area contributed by atoms with Gasteiger partial charge in [-0.1, -0.05) is 29.8 Å². The van der Waals surface area contributed by atoms with Crippen molar-refractivity contribution in [2.24, 2.45) is 5.92 Å². The topological polar surface area (TPSA) is 53.6 Å². The van der Waals surface area contributed by atoms with Crippen molar-refractivity contribution in [1.82, 2.24) is 10.2 Å². The number of nitrogens with one attached hydrogen (secondary N) is 2. The molecular weight excluding hydrogens is 424 g/mol. The van der Waals surface area contributed by atoms with E-state index >= 15 is 0 Å². The lowest BCUT2D eigenvalue weighted by Crippen LogP contribution is -2.58. The molecule has 0 spiro atoms. The zero-order valence-electron chi connectivity index (χ0n) is 19.1. The van der Waals surface area contributed by atoms with E-state index in [4.69, 9.17) is 4.74 Å². The van der Waals surface area contributed by atoms with Crippen LogP contribution in [0.4, 0.5) is 19.3 Å². The lowest BCUT2D eigenvalue weighted by molar-refractivity contribution is -0.0590. The number of nitrogens with zero attached hydrogens (tertiary/aromatic N) is 1. The number of aryl methyl sites for hydroxylation is 1. The summed E-state index contributed by atoms with van der Waals surface area (Å²) in [6.45, 7) is 4.76. The zero-order chi connectivity index (χ0) is 23.2. The summed E-state index contributed by atoms with van der Waals surface area (Å²) in [6, 6.07) is 13.1. The number of benzene rings is 2. The Balaban J connectivity index is 1.27. The number of hydrogen-bond acceptors (Lipinski definition) is 3. The van der Waals surface area contributed by atoms with E-state index in [1.165, 1.54) is 12.1 Å². The minimum Gasteiger partial charge on any atom is -0.375 e. The average Bonchev–Trinajstić information content (AvgIpc) is 2.80. The molecule has 0 radical (unpaired) electrons. The van der Waals surface area contributed by atoms with Crippen LogP contribution < -0.4 is 10.6 Å². The predicted molar refractivity (Wildman–Crippen MR) is 126 cm³/mol. The van der Waals surface area contributed by atoms with Crippen molar-refractivity contribution in [3.63, 3.8) is 0 Å². The normalized spacial score (nSPS) is 24.4. The van der Waals surface area contributed by atoms with E-state index in [1.807, 2.05) is 43.3 Å². The number of likely N-dealkylation sites (tertiary alicyclic amines) is 1. The summed E-state index contributed by atoms with van der Waals surface area (Å²) in [6.07, 6.45) is 1.79. The first kappa shape index (κ1) is 23.6. The number of amides is 2. The number of hydrogen-bond donors (Lipinski definition) is 2. The monoisotopic (exact) mass is 457 g/mol. The molecule has 1 unspecified atom stereocenters. The fourth-order valence-electron chi connectivity index (χ4n) is 4.73. The molecule has 7 heteroatoms. The highest BCUT2D eigenvalue weighted by Crippen LogP contribution is 2.25. The summed E-state index contributed by atoms with van der Waals surface area (Å²) >= 11 is 0. The quantitative estimate of drug-likeness (QED) is 0.661. The first-order valence-electron chi connectivity index (χ1n) is 11.8. The van der Waals surface area contributed by atoms with Gasteiger partial charge in [-0.25, -0.2) is 13.6 Å². The molecule has 0 bridgehead atoms. The van der Waals surface area contributed by atoms with Crippen LogP contribution in [0.2, 0.25) is 0 Å². The maximum atomic E-state index is 14.8. The van der Waals surface area contributed by atoms with E-state index in [-0.39, 0.29) is 18.3 Å². The Bertz CT molecular complexity index is 899. The van der Waals surface area contributed by atoms with Crippen LogP contribution in [0.1, 0.15) is 30.4 Å². The summed E-state index contributed by atoms with van der Waals surface area (Å²) in [4.78, 5) is 14.8. The Hall–Kier alpha value is -2.51. The highest BCUT2D eigenvalue weighted by Gasteiger charge is 2.37. The molecule has 0 aromatic heterocycles. The standard InChI is InChI=1S/C26H33F2N3O2/c1-18-2-8-22(9-3-18)29-26(32)30-25-23(28)12-15-33-24(25)17-31-13-10-20(11-14-31)16-19-4-6-21(27)7-5-19/h2-9,20,23-25H,10-17H2,1H3,(H2,29,30,32)/t23-,24?,25+/m0/s1. The first-order valence-corrected chi connectivity index (χ1v) is 11.8. The maximum Gasteiger partial charge on any atom is 0.319 e. The van der Waals surface area contributed by atoms with Crippen molar-refractivity contribution in [3.8, 4) is 0 Å². The van der Waals surface area contributed by atoms with Crippen LogP contribution >= 0.6 is 0 Å². The molecule has 2 saturated heterocycles. The Kier molecular flexibility index (Phi) is 7.93. The Morgan fingerprint density at radius 1 is 1.06 bits per heavy atom. The zero-order valence-corrected chi connectivity index (χ0v) is 19.1. The molecule has 0 saturated carbocycles. The number of carbonyl (C=O) groups is 1. The Labute approximate surface area is 194 Å². The van der Waals surface area contributed by atoms with E-state index in [0.29, 0.717) is 24.8 Å². The van der Waals surface area contributed by atoms with Gasteiger partial charge in [-0.2, -0.15) is 0 Å². The van der Waals surface area contributed by atoms with Gasteiger partial charge in [0.25, 0.3) is 0 Å². The van der Waals surface area contributed by atoms with Crippen molar-refractivity contribution < 1.29 is 18.3 Å². The smallest absolute Gasteiger partial charge is 0.319 e. The molecule has 2 aromatic rings. The largest absolute Gasteiger partial charge is 0.375 e. The van der Waals surface area contributed by atoms with Crippen molar-refractivity contribution in [2.45, 2.75) is 50.9 Å². The van der Waals surface area contributed by atoms with Gasteiger partial charge in [0, 0.05) is 25.3 Å². The van der Waals surface area contributed by atoms with Crippen molar-refractivity contribution in [1.29, 1.82) is 0 Å². The molecule has 3 atom stereocenters. The lowest BCUT2D eigenvalue weighted by Gasteiger charge is -2.39. The fourth-order valence-corrected chi connectivity index (χ4v) is 4.73. The van der Waals surface area contributed by atoms with Gasteiger partial charge in [-0.05, 0) is 75.0 Å². The van der Waals surface area contributed by atoms with E-state index < -0.39 is 18.2 Å². The Morgan fingerprint density at radius 3 is 2.45 bits per heavy atom. The molecule has 4 rings (SSSR count). The van der Waals surface area contributed by atoms with Crippen LogP contribution in [0.3, 0.4) is 0 Å². The van der Waals surface area contributed by atoms with Gasteiger partial charge in [-0.15, -0.1) is 0 Å². The third-order valence-corrected chi connectivity index (χ3v) is 6.71. The molecule has 2 aromatic carbocycles. The molecule has 2 aliphatic heterocycles. The molecule has 2 amide bonds.